The number of rotatable bonds is 9. The van der Waals surface area contributed by atoms with Gasteiger partial charge in [-0.3, -0.25) is 14.9 Å². The fraction of sp³-hybridized carbons (Fsp3) is 0.346. The SMILES string of the molecule is CCOc1cc(C(=O)Nc2ncc(Cc3cccc(F)c3)s2)ccc1OCC(=O)N1CCCCC1. The Hall–Kier alpha value is -3.46. The number of amides is 2. The lowest BCUT2D eigenvalue weighted by molar-refractivity contribution is -0.134. The van der Waals surface area contributed by atoms with Crippen LogP contribution in [0.15, 0.2) is 48.7 Å². The molecule has 0 saturated carbocycles. The first-order chi connectivity index (χ1) is 17.0. The van der Waals surface area contributed by atoms with Crippen LogP contribution in [0, 0.1) is 5.82 Å². The van der Waals surface area contributed by atoms with Gasteiger partial charge in [-0.05, 0) is 62.1 Å². The zero-order valence-corrected chi connectivity index (χ0v) is 20.4. The molecule has 9 heteroatoms. The monoisotopic (exact) mass is 497 g/mol. The van der Waals surface area contributed by atoms with Gasteiger partial charge < -0.3 is 14.4 Å². The van der Waals surface area contributed by atoms with Crippen LogP contribution in [0.2, 0.25) is 0 Å². The van der Waals surface area contributed by atoms with E-state index in [1.54, 1.807) is 30.5 Å². The highest BCUT2D eigenvalue weighted by atomic mass is 32.1. The molecule has 0 atom stereocenters. The second kappa shape index (κ2) is 11.8. The highest BCUT2D eigenvalue weighted by Crippen LogP contribution is 2.30. The topological polar surface area (TPSA) is 80.8 Å². The normalized spacial score (nSPS) is 13.4. The third kappa shape index (κ3) is 6.79. The third-order valence-corrected chi connectivity index (χ3v) is 6.52. The number of thiazole rings is 1. The predicted molar refractivity (Wildman–Crippen MR) is 133 cm³/mol. The largest absolute Gasteiger partial charge is 0.490 e. The van der Waals surface area contributed by atoms with Gasteiger partial charge in [0.2, 0.25) is 0 Å². The molecule has 0 spiro atoms. The van der Waals surface area contributed by atoms with E-state index < -0.39 is 0 Å². The minimum atomic E-state index is -0.339. The highest BCUT2D eigenvalue weighted by molar-refractivity contribution is 7.15. The molecule has 2 amide bonds. The van der Waals surface area contributed by atoms with Crippen molar-refractivity contribution in [2.75, 3.05) is 31.6 Å². The molecule has 4 rings (SSSR count). The molecule has 1 aromatic heterocycles. The van der Waals surface area contributed by atoms with Crippen molar-refractivity contribution in [2.45, 2.75) is 32.6 Å². The summed E-state index contributed by atoms with van der Waals surface area (Å²) in [5.41, 5.74) is 1.22. The van der Waals surface area contributed by atoms with Gasteiger partial charge in [0.15, 0.2) is 23.2 Å². The Morgan fingerprint density at radius 3 is 2.69 bits per heavy atom. The van der Waals surface area contributed by atoms with E-state index in [0.717, 1.165) is 42.8 Å². The standard InChI is InChI=1S/C26H28FN3O4S/c1-2-33-23-15-19(9-10-22(23)34-17-24(31)30-11-4-3-5-12-30)25(32)29-26-28-16-21(35-26)14-18-7-6-8-20(27)13-18/h6-10,13,15-16H,2-5,11-12,14,17H2,1H3,(H,28,29,32). The molecular weight excluding hydrogens is 469 g/mol. The number of nitrogens with zero attached hydrogens (tertiary/aromatic N) is 2. The van der Waals surface area contributed by atoms with Gasteiger partial charge >= 0.3 is 0 Å². The van der Waals surface area contributed by atoms with Crippen molar-refractivity contribution in [3.63, 3.8) is 0 Å². The number of halogens is 1. The number of piperidine rings is 1. The van der Waals surface area contributed by atoms with Crippen molar-refractivity contribution in [1.29, 1.82) is 0 Å². The molecule has 0 bridgehead atoms. The molecule has 2 heterocycles. The highest BCUT2D eigenvalue weighted by Gasteiger charge is 2.19. The smallest absolute Gasteiger partial charge is 0.260 e. The van der Waals surface area contributed by atoms with Gasteiger partial charge in [0.05, 0.1) is 6.61 Å². The third-order valence-electron chi connectivity index (χ3n) is 5.61. The number of hydrogen-bond donors (Lipinski definition) is 1. The summed E-state index contributed by atoms with van der Waals surface area (Å²) in [6, 6.07) is 11.3. The Morgan fingerprint density at radius 1 is 1.09 bits per heavy atom. The van der Waals surface area contributed by atoms with Gasteiger partial charge in [-0.25, -0.2) is 9.37 Å². The van der Waals surface area contributed by atoms with Gasteiger partial charge in [-0.1, -0.05) is 12.1 Å². The fourth-order valence-corrected chi connectivity index (χ4v) is 4.72. The molecule has 7 nitrogen and oxygen atoms in total. The van der Waals surface area contributed by atoms with Crippen LogP contribution in [0.25, 0.3) is 0 Å². The Bertz CT molecular complexity index is 1180. The first-order valence-electron chi connectivity index (χ1n) is 11.7. The van der Waals surface area contributed by atoms with E-state index in [2.05, 4.69) is 10.3 Å². The second-order valence-electron chi connectivity index (χ2n) is 8.22. The fourth-order valence-electron chi connectivity index (χ4n) is 3.88. The minimum absolute atomic E-state index is 0.0493. The molecule has 184 valence electrons. The van der Waals surface area contributed by atoms with E-state index in [1.165, 1.54) is 23.5 Å². The summed E-state index contributed by atoms with van der Waals surface area (Å²) >= 11 is 1.34. The van der Waals surface area contributed by atoms with Crippen LogP contribution < -0.4 is 14.8 Å². The van der Waals surface area contributed by atoms with E-state index in [1.807, 2.05) is 17.9 Å². The van der Waals surface area contributed by atoms with Crippen LogP contribution in [-0.4, -0.2) is 48.0 Å². The van der Waals surface area contributed by atoms with Gasteiger partial charge in [-0.2, -0.15) is 0 Å². The Kier molecular flexibility index (Phi) is 8.31. The lowest BCUT2D eigenvalue weighted by atomic mass is 10.1. The molecule has 1 N–H and O–H groups in total. The zero-order chi connectivity index (χ0) is 24.6. The molecule has 2 aromatic carbocycles. The van der Waals surface area contributed by atoms with E-state index in [0.29, 0.717) is 35.2 Å². The van der Waals surface area contributed by atoms with Crippen molar-refractivity contribution in [2.24, 2.45) is 0 Å². The first kappa shape index (κ1) is 24.7. The maximum atomic E-state index is 13.4. The van der Waals surface area contributed by atoms with E-state index in [-0.39, 0.29) is 24.2 Å². The summed E-state index contributed by atoms with van der Waals surface area (Å²) < 4.78 is 24.8. The lowest BCUT2D eigenvalue weighted by Gasteiger charge is -2.26. The van der Waals surface area contributed by atoms with Crippen LogP contribution in [0.3, 0.4) is 0 Å². The van der Waals surface area contributed by atoms with Crippen LogP contribution in [0.1, 0.15) is 47.0 Å². The van der Waals surface area contributed by atoms with Crippen LogP contribution >= 0.6 is 11.3 Å². The number of ether oxygens (including phenoxy) is 2. The zero-order valence-electron chi connectivity index (χ0n) is 19.6. The summed E-state index contributed by atoms with van der Waals surface area (Å²) in [6.07, 6.45) is 5.39. The van der Waals surface area contributed by atoms with Crippen LogP contribution in [0.5, 0.6) is 11.5 Å². The average Bonchev–Trinajstić information content (AvgIpc) is 3.30. The van der Waals surface area contributed by atoms with Crippen molar-refractivity contribution in [1.82, 2.24) is 9.88 Å². The number of likely N-dealkylation sites (tertiary alicyclic amines) is 1. The van der Waals surface area contributed by atoms with Crippen LogP contribution in [0.4, 0.5) is 9.52 Å². The number of nitrogens with one attached hydrogen (secondary N) is 1. The number of hydrogen-bond acceptors (Lipinski definition) is 6. The molecule has 35 heavy (non-hydrogen) atoms. The molecule has 1 aliphatic rings. The number of benzene rings is 2. The molecule has 3 aromatic rings. The maximum Gasteiger partial charge on any atom is 0.260 e. The summed E-state index contributed by atoms with van der Waals surface area (Å²) in [6.45, 7) is 3.68. The molecule has 1 saturated heterocycles. The average molecular weight is 498 g/mol. The Labute approximate surface area is 207 Å². The van der Waals surface area contributed by atoms with Gasteiger partial charge in [0, 0.05) is 36.1 Å². The number of anilines is 1. The number of carbonyl (C=O) groups excluding carboxylic acids is 2. The van der Waals surface area contributed by atoms with E-state index >= 15 is 0 Å². The maximum absolute atomic E-state index is 13.4. The summed E-state index contributed by atoms with van der Waals surface area (Å²) in [5, 5.41) is 3.25. The van der Waals surface area contributed by atoms with Gasteiger partial charge in [-0.15, -0.1) is 11.3 Å². The molecular formula is C26H28FN3O4S. The number of aromatic nitrogens is 1. The molecule has 0 unspecified atom stereocenters. The lowest BCUT2D eigenvalue weighted by Crippen LogP contribution is -2.38. The summed E-state index contributed by atoms with van der Waals surface area (Å²) in [4.78, 5) is 32.2. The number of carbonyl (C=O) groups is 2. The first-order valence-corrected chi connectivity index (χ1v) is 12.5. The summed E-state index contributed by atoms with van der Waals surface area (Å²) in [7, 11) is 0. The predicted octanol–water partition coefficient (Wildman–Crippen LogP) is 4.92. The molecule has 1 aliphatic heterocycles. The van der Waals surface area contributed by atoms with Crippen molar-refractivity contribution in [3.05, 3.63) is 70.5 Å². The quantitative estimate of drug-likeness (QED) is 0.454. The molecule has 0 aliphatic carbocycles. The molecule has 1 fully saturated rings. The second-order valence-corrected chi connectivity index (χ2v) is 9.33. The van der Waals surface area contributed by atoms with Gasteiger partial charge in [0.25, 0.3) is 11.8 Å². The Balaban J connectivity index is 1.38. The Morgan fingerprint density at radius 2 is 1.91 bits per heavy atom. The van der Waals surface area contributed by atoms with Crippen LogP contribution in [-0.2, 0) is 11.2 Å². The minimum Gasteiger partial charge on any atom is -0.490 e. The van der Waals surface area contributed by atoms with Crippen molar-refractivity contribution < 1.29 is 23.5 Å². The van der Waals surface area contributed by atoms with Gasteiger partial charge in [0.1, 0.15) is 5.82 Å². The van der Waals surface area contributed by atoms with E-state index in [4.69, 9.17) is 9.47 Å². The summed E-state index contributed by atoms with van der Waals surface area (Å²) in [5.74, 6) is 0.146. The van der Waals surface area contributed by atoms with E-state index in [9.17, 15) is 14.0 Å². The van der Waals surface area contributed by atoms with Crippen molar-refractivity contribution in [3.8, 4) is 11.5 Å². The van der Waals surface area contributed by atoms with Crippen molar-refractivity contribution >= 4 is 28.3 Å². The molecule has 0 radical (unpaired) electrons.